The molecule has 160 valence electrons. The van der Waals surface area contributed by atoms with Crippen molar-refractivity contribution < 1.29 is 0 Å². The molecule has 8 saturated carbocycles. The first-order chi connectivity index (χ1) is 14.6. The van der Waals surface area contributed by atoms with Gasteiger partial charge in [-0.05, 0) is 124 Å². The monoisotopic (exact) mass is 436 g/mol. The molecule has 0 radical (unpaired) electrons. The SMILES string of the molecule is C(/SC12CC3CC(CC(C3)C1)C2)=C(/SC12CC3CC(CC(C3)C1)C2)c1ccccc1. The molecule has 0 aromatic heterocycles. The molecule has 2 heteroatoms. The Labute approximate surface area is 191 Å². The lowest BCUT2D eigenvalue weighted by Crippen LogP contribution is -2.48. The number of hydrogen-bond acceptors (Lipinski definition) is 2. The fraction of sp³-hybridized carbons (Fsp3) is 0.714. The fourth-order valence-electron chi connectivity index (χ4n) is 9.50. The first kappa shape index (κ1) is 19.2. The molecule has 8 bridgehead atoms. The highest BCUT2D eigenvalue weighted by molar-refractivity contribution is 8.11. The van der Waals surface area contributed by atoms with Gasteiger partial charge in [0.2, 0.25) is 0 Å². The van der Waals surface area contributed by atoms with Gasteiger partial charge in [-0.1, -0.05) is 30.3 Å². The first-order valence-electron chi connectivity index (χ1n) is 12.8. The van der Waals surface area contributed by atoms with E-state index >= 15 is 0 Å². The Kier molecular flexibility index (Phi) is 4.52. The predicted octanol–water partition coefficient (Wildman–Crippen LogP) is 8.39. The second-order valence-electron chi connectivity index (χ2n) is 12.3. The summed E-state index contributed by atoms with van der Waals surface area (Å²) >= 11 is 4.61. The fourth-order valence-corrected chi connectivity index (χ4v) is 13.0. The molecule has 8 aliphatic rings. The van der Waals surface area contributed by atoms with Crippen molar-refractivity contribution in [1.82, 2.24) is 0 Å². The van der Waals surface area contributed by atoms with Crippen molar-refractivity contribution in [2.45, 2.75) is 86.5 Å². The van der Waals surface area contributed by atoms with Gasteiger partial charge in [-0.2, -0.15) is 0 Å². The van der Waals surface area contributed by atoms with Crippen LogP contribution in [0.1, 0.15) is 82.6 Å². The molecular formula is C28H36S2. The highest BCUT2D eigenvalue weighted by Crippen LogP contribution is 2.64. The Balaban J connectivity index is 1.18. The quantitative estimate of drug-likeness (QED) is 0.454. The van der Waals surface area contributed by atoms with Crippen molar-refractivity contribution in [1.29, 1.82) is 0 Å². The maximum absolute atomic E-state index is 2.67. The van der Waals surface area contributed by atoms with Gasteiger partial charge in [0.05, 0.1) is 0 Å². The molecule has 1 aromatic carbocycles. The maximum Gasteiger partial charge on any atom is 0.0215 e. The van der Waals surface area contributed by atoms with Crippen LogP contribution in [0.4, 0.5) is 0 Å². The van der Waals surface area contributed by atoms with Gasteiger partial charge < -0.3 is 0 Å². The van der Waals surface area contributed by atoms with Gasteiger partial charge in [-0.15, -0.1) is 23.5 Å². The van der Waals surface area contributed by atoms with E-state index in [-0.39, 0.29) is 0 Å². The molecule has 0 nitrogen and oxygen atoms in total. The highest BCUT2D eigenvalue weighted by atomic mass is 32.2. The van der Waals surface area contributed by atoms with Crippen molar-refractivity contribution in [2.75, 3.05) is 0 Å². The molecule has 8 aliphatic carbocycles. The third-order valence-electron chi connectivity index (χ3n) is 9.76. The van der Waals surface area contributed by atoms with Crippen LogP contribution in [0.3, 0.4) is 0 Å². The molecule has 1 aromatic rings. The van der Waals surface area contributed by atoms with Crippen LogP contribution in [0.5, 0.6) is 0 Å². The summed E-state index contributed by atoms with van der Waals surface area (Å²) in [7, 11) is 0. The van der Waals surface area contributed by atoms with E-state index < -0.39 is 0 Å². The van der Waals surface area contributed by atoms with E-state index in [9.17, 15) is 0 Å². The minimum Gasteiger partial charge on any atom is -0.126 e. The Morgan fingerprint density at radius 2 is 1.07 bits per heavy atom. The van der Waals surface area contributed by atoms with Gasteiger partial charge >= 0.3 is 0 Å². The largest absolute Gasteiger partial charge is 0.126 e. The van der Waals surface area contributed by atoms with Crippen LogP contribution in [0, 0.1) is 35.5 Å². The average molecular weight is 437 g/mol. The van der Waals surface area contributed by atoms with Gasteiger partial charge in [0.15, 0.2) is 0 Å². The van der Waals surface area contributed by atoms with E-state index in [1.165, 1.54) is 44.1 Å². The van der Waals surface area contributed by atoms with Crippen LogP contribution < -0.4 is 0 Å². The molecule has 0 N–H and O–H groups in total. The molecule has 30 heavy (non-hydrogen) atoms. The van der Waals surface area contributed by atoms with Crippen LogP contribution >= 0.6 is 23.5 Å². The number of hydrogen-bond donors (Lipinski definition) is 0. The van der Waals surface area contributed by atoms with Gasteiger partial charge in [0.1, 0.15) is 0 Å². The zero-order valence-corrected chi connectivity index (χ0v) is 19.9. The summed E-state index contributed by atoms with van der Waals surface area (Å²) in [5.74, 6) is 6.26. The Bertz CT molecular complexity index is 767. The zero-order valence-electron chi connectivity index (χ0n) is 18.2. The van der Waals surface area contributed by atoms with Gasteiger partial charge in [-0.3, -0.25) is 0 Å². The molecular weight excluding hydrogens is 400 g/mol. The second-order valence-corrected chi connectivity index (χ2v) is 15.1. The van der Waals surface area contributed by atoms with Crippen molar-refractivity contribution in [2.24, 2.45) is 35.5 Å². The summed E-state index contributed by atoms with van der Waals surface area (Å²) < 4.78 is 1.13. The van der Waals surface area contributed by atoms with Crippen molar-refractivity contribution in [3.63, 3.8) is 0 Å². The third kappa shape index (κ3) is 3.35. The van der Waals surface area contributed by atoms with Gasteiger partial charge in [0.25, 0.3) is 0 Å². The summed E-state index contributed by atoms with van der Waals surface area (Å²) in [6, 6.07) is 11.4. The average Bonchev–Trinajstić information content (AvgIpc) is 2.70. The number of benzene rings is 1. The minimum atomic E-state index is 0.554. The topological polar surface area (TPSA) is 0 Å². The number of rotatable bonds is 5. The van der Waals surface area contributed by atoms with Crippen LogP contribution in [-0.4, -0.2) is 9.49 Å². The van der Waals surface area contributed by atoms with E-state index in [1.54, 1.807) is 43.4 Å². The van der Waals surface area contributed by atoms with E-state index in [0.717, 1.165) is 35.5 Å². The summed E-state index contributed by atoms with van der Waals surface area (Å²) in [5, 5.41) is 2.67. The lowest BCUT2D eigenvalue weighted by atomic mass is 9.56. The van der Waals surface area contributed by atoms with Crippen LogP contribution in [0.15, 0.2) is 35.7 Å². The standard InChI is InChI=1S/C28H36S2/c1-2-4-25(5-3-1)26(30-28-15-22-9-23(16-28)11-24(10-22)17-28)18-29-27-12-19-6-20(13-27)8-21(7-19)14-27/h1-5,18-24H,6-17H2/b26-18-. The van der Waals surface area contributed by atoms with Crippen LogP contribution in [-0.2, 0) is 0 Å². The third-order valence-corrected chi connectivity index (χ3v) is 12.8. The Hall–Kier alpha value is -0.340. The molecule has 9 rings (SSSR count). The molecule has 0 spiro atoms. The Morgan fingerprint density at radius 1 is 0.633 bits per heavy atom. The smallest absolute Gasteiger partial charge is 0.0215 e. The van der Waals surface area contributed by atoms with Crippen LogP contribution in [0.2, 0.25) is 0 Å². The van der Waals surface area contributed by atoms with Crippen LogP contribution in [0.25, 0.3) is 4.91 Å². The summed E-state index contributed by atoms with van der Waals surface area (Å²) in [6.45, 7) is 0. The molecule has 0 heterocycles. The molecule has 0 amide bonds. The molecule has 0 atom stereocenters. The molecule has 8 fully saturated rings. The first-order valence-corrected chi connectivity index (χ1v) is 14.5. The van der Waals surface area contributed by atoms with E-state index in [4.69, 9.17) is 0 Å². The highest BCUT2D eigenvalue weighted by Gasteiger charge is 2.53. The summed E-state index contributed by atoms with van der Waals surface area (Å²) in [4.78, 5) is 1.61. The molecule has 0 unspecified atom stereocenters. The van der Waals surface area contributed by atoms with E-state index in [0.29, 0.717) is 9.49 Å². The Morgan fingerprint density at radius 3 is 1.53 bits per heavy atom. The lowest BCUT2D eigenvalue weighted by molar-refractivity contribution is 0.0385. The van der Waals surface area contributed by atoms with Crippen molar-refractivity contribution >= 4 is 28.4 Å². The van der Waals surface area contributed by atoms with Gasteiger partial charge in [0, 0.05) is 14.4 Å². The van der Waals surface area contributed by atoms with Crippen molar-refractivity contribution in [3.8, 4) is 0 Å². The minimum absolute atomic E-state index is 0.554. The summed E-state index contributed by atoms with van der Waals surface area (Å²) in [5.41, 5.74) is 1.48. The summed E-state index contributed by atoms with van der Waals surface area (Å²) in [6.07, 6.45) is 18.3. The zero-order chi connectivity index (χ0) is 19.8. The normalized spacial score (nSPS) is 48.5. The van der Waals surface area contributed by atoms with E-state index in [1.807, 2.05) is 0 Å². The molecule has 0 saturated heterocycles. The number of thioether (sulfide) groups is 2. The lowest BCUT2D eigenvalue weighted by Gasteiger charge is -2.57. The van der Waals surface area contributed by atoms with Crippen molar-refractivity contribution in [3.05, 3.63) is 41.3 Å². The van der Waals surface area contributed by atoms with Gasteiger partial charge in [-0.25, -0.2) is 0 Å². The molecule has 0 aliphatic heterocycles. The second kappa shape index (κ2) is 7.08. The van der Waals surface area contributed by atoms with E-state index in [2.05, 4.69) is 59.3 Å². The maximum atomic E-state index is 2.67. The predicted molar refractivity (Wildman–Crippen MR) is 131 cm³/mol.